The van der Waals surface area contributed by atoms with Crippen LogP contribution in [0.2, 0.25) is 0 Å². The van der Waals surface area contributed by atoms with Crippen molar-refractivity contribution < 1.29 is 0 Å². The number of benzene rings is 7. The smallest absolute Gasteiger partial charge is 0.0468 e. The molecule has 0 unspecified atom stereocenters. The van der Waals surface area contributed by atoms with E-state index in [1.807, 2.05) is 0 Å². The van der Waals surface area contributed by atoms with Gasteiger partial charge in [-0.3, -0.25) is 0 Å². The van der Waals surface area contributed by atoms with Crippen LogP contribution < -0.4 is 9.80 Å². The standard InChI is InChI=1S/C63H70N2/c1-11-41-19-25-53(31-45(41)15-5)64(54-26-20-42(12-2)46(16-6)32-54)57-29-23-49-37-59-60-38-50-24-30-58(36-52(50)40-62(60)63(9,10)61(59)39-51(49)35-57)65(55-27-21-43(13-3)47(17-7)33-55)56-28-22-44(14-4)48(18-8)34-56/h19-23,25-29,31-40H,11-18,24,30H2,1-10H3. The van der Waals surface area contributed by atoms with Crippen LogP contribution >= 0.6 is 0 Å². The van der Waals surface area contributed by atoms with Crippen molar-refractivity contribution >= 4 is 45.3 Å². The molecule has 0 bridgehead atoms. The Bertz CT molecular complexity index is 2850. The summed E-state index contributed by atoms with van der Waals surface area (Å²) in [7, 11) is 0. The second-order valence-electron chi connectivity index (χ2n) is 19.1. The lowest BCUT2D eigenvalue weighted by Gasteiger charge is -2.32. The highest BCUT2D eigenvalue weighted by Gasteiger charge is 2.37. The van der Waals surface area contributed by atoms with Crippen molar-refractivity contribution in [1.82, 2.24) is 0 Å². The normalized spacial score (nSPS) is 13.7. The quantitative estimate of drug-likeness (QED) is 0.108. The van der Waals surface area contributed by atoms with Crippen LogP contribution in [0.3, 0.4) is 0 Å². The van der Waals surface area contributed by atoms with Gasteiger partial charge in [0.2, 0.25) is 0 Å². The van der Waals surface area contributed by atoms with Gasteiger partial charge in [-0.15, -0.1) is 0 Å². The van der Waals surface area contributed by atoms with Crippen molar-refractivity contribution in [1.29, 1.82) is 0 Å². The molecule has 0 spiro atoms. The first-order valence-electron chi connectivity index (χ1n) is 25.1. The lowest BCUT2D eigenvalue weighted by atomic mass is 9.80. The fourth-order valence-corrected chi connectivity index (χ4v) is 11.4. The van der Waals surface area contributed by atoms with Gasteiger partial charge < -0.3 is 9.80 Å². The van der Waals surface area contributed by atoms with Gasteiger partial charge in [0.15, 0.2) is 0 Å². The molecule has 2 aliphatic rings. The molecule has 2 heteroatoms. The van der Waals surface area contributed by atoms with E-state index in [0.717, 1.165) is 64.2 Å². The summed E-state index contributed by atoms with van der Waals surface area (Å²) in [6.45, 7) is 23.1. The molecule has 0 aliphatic heterocycles. The molecule has 0 atom stereocenters. The first-order chi connectivity index (χ1) is 31.6. The Kier molecular flexibility index (Phi) is 12.4. The molecule has 0 amide bonds. The number of fused-ring (bicyclic) bond motifs is 5. The van der Waals surface area contributed by atoms with Crippen molar-refractivity contribution in [2.75, 3.05) is 9.80 Å². The summed E-state index contributed by atoms with van der Waals surface area (Å²) in [5.41, 5.74) is 27.4. The van der Waals surface area contributed by atoms with Crippen molar-refractivity contribution in [3.05, 3.63) is 188 Å². The summed E-state index contributed by atoms with van der Waals surface area (Å²) in [5.74, 6) is 0. The van der Waals surface area contributed by atoms with Crippen molar-refractivity contribution in [3.63, 3.8) is 0 Å². The van der Waals surface area contributed by atoms with Gasteiger partial charge in [-0.25, -0.2) is 0 Å². The van der Waals surface area contributed by atoms with Gasteiger partial charge in [-0.1, -0.05) is 106 Å². The molecule has 0 heterocycles. The molecule has 0 saturated carbocycles. The number of allylic oxidation sites excluding steroid dienone is 1. The zero-order chi connectivity index (χ0) is 45.6. The van der Waals surface area contributed by atoms with E-state index in [1.54, 1.807) is 0 Å². The average Bonchev–Trinajstić information content (AvgIpc) is 3.55. The molecule has 7 aromatic carbocycles. The minimum absolute atomic E-state index is 0.148. The summed E-state index contributed by atoms with van der Waals surface area (Å²) in [4.78, 5) is 5.07. The number of rotatable bonds is 14. The fourth-order valence-electron chi connectivity index (χ4n) is 11.4. The largest absolute Gasteiger partial charge is 0.314 e. The molecule has 9 rings (SSSR count). The Morgan fingerprint density at radius 3 is 1.23 bits per heavy atom. The molecule has 0 radical (unpaired) electrons. The molecule has 332 valence electrons. The molecular formula is C63H70N2. The van der Waals surface area contributed by atoms with Crippen LogP contribution in [0, 0.1) is 0 Å². The van der Waals surface area contributed by atoms with Crippen LogP contribution in [0.4, 0.5) is 28.4 Å². The van der Waals surface area contributed by atoms with Crippen LogP contribution in [0.5, 0.6) is 0 Å². The van der Waals surface area contributed by atoms with Gasteiger partial charge in [-0.05, 0) is 238 Å². The Morgan fingerprint density at radius 1 is 0.369 bits per heavy atom. The van der Waals surface area contributed by atoms with Crippen LogP contribution in [0.15, 0.2) is 121 Å². The van der Waals surface area contributed by atoms with Crippen LogP contribution in [0.1, 0.15) is 142 Å². The maximum atomic E-state index is 2.57. The average molecular weight is 855 g/mol. The monoisotopic (exact) mass is 855 g/mol. The maximum Gasteiger partial charge on any atom is 0.0468 e. The summed E-state index contributed by atoms with van der Waals surface area (Å²) < 4.78 is 0. The number of anilines is 5. The molecular weight excluding hydrogens is 785 g/mol. The SMILES string of the molecule is CCc1ccc(N(C2=Cc3cc4c(cc3CC2)-c2cc3ccc(N(c5ccc(CC)c(CC)c5)c5ccc(CC)c(CC)c5)cc3cc2C4(C)C)c2ccc(CC)c(CC)c2)cc1CC. The Balaban J connectivity index is 1.13. The Morgan fingerprint density at radius 2 is 0.769 bits per heavy atom. The van der Waals surface area contributed by atoms with E-state index in [9.17, 15) is 0 Å². The van der Waals surface area contributed by atoms with Crippen molar-refractivity contribution in [3.8, 4) is 11.1 Å². The summed E-state index contributed by atoms with van der Waals surface area (Å²) >= 11 is 0. The van der Waals surface area contributed by atoms with Gasteiger partial charge in [0.1, 0.15) is 0 Å². The molecule has 0 saturated heterocycles. The van der Waals surface area contributed by atoms with E-state index in [-0.39, 0.29) is 5.41 Å². The van der Waals surface area contributed by atoms with Gasteiger partial charge in [0.05, 0.1) is 0 Å². The second-order valence-corrected chi connectivity index (χ2v) is 19.1. The summed E-state index contributed by atoms with van der Waals surface area (Å²) in [5, 5.41) is 2.58. The third kappa shape index (κ3) is 7.92. The van der Waals surface area contributed by atoms with E-state index in [0.29, 0.717) is 0 Å². The fraction of sp³-hybridized carbons (Fsp3) is 0.333. The topological polar surface area (TPSA) is 6.48 Å². The van der Waals surface area contributed by atoms with Gasteiger partial charge in [0.25, 0.3) is 0 Å². The predicted molar refractivity (Wildman–Crippen MR) is 283 cm³/mol. The molecule has 0 N–H and O–H groups in total. The highest BCUT2D eigenvalue weighted by Crippen LogP contribution is 2.52. The molecule has 0 aromatic heterocycles. The lowest BCUT2D eigenvalue weighted by Crippen LogP contribution is -2.20. The van der Waals surface area contributed by atoms with E-state index in [2.05, 4.69) is 200 Å². The summed E-state index contributed by atoms with van der Waals surface area (Å²) in [6, 6.07) is 45.8. The molecule has 65 heavy (non-hydrogen) atoms. The minimum Gasteiger partial charge on any atom is -0.314 e. The van der Waals surface area contributed by atoms with Crippen molar-refractivity contribution in [2.45, 2.75) is 139 Å². The van der Waals surface area contributed by atoms with E-state index < -0.39 is 0 Å². The lowest BCUT2D eigenvalue weighted by molar-refractivity contribution is 0.660. The van der Waals surface area contributed by atoms with Crippen LogP contribution in [-0.4, -0.2) is 0 Å². The second kappa shape index (κ2) is 18.2. The third-order valence-corrected chi connectivity index (χ3v) is 15.2. The van der Waals surface area contributed by atoms with E-state index in [4.69, 9.17) is 0 Å². The zero-order valence-corrected chi connectivity index (χ0v) is 41.0. The first-order valence-corrected chi connectivity index (χ1v) is 25.1. The highest BCUT2D eigenvalue weighted by atomic mass is 15.2. The first kappa shape index (κ1) is 44.3. The Labute approximate surface area is 391 Å². The number of nitrogens with zero attached hydrogens (tertiary/aromatic N) is 2. The van der Waals surface area contributed by atoms with Gasteiger partial charge in [-0.2, -0.15) is 0 Å². The number of hydrogen-bond acceptors (Lipinski definition) is 2. The van der Waals surface area contributed by atoms with Crippen LogP contribution in [-0.2, 0) is 63.2 Å². The predicted octanol–water partition coefficient (Wildman–Crippen LogP) is 17.2. The molecule has 0 fully saturated rings. The molecule has 7 aromatic rings. The van der Waals surface area contributed by atoms with Gasteiger partial charge in [0, 0.05) is 39.5 Å². The molecule has 2 aliphatic carbocycles. The molecule has 2 nitrogen and oxygen atoms in total. The maximum absolute atomic E-state index is 2.57. The third-order valence-electron chi connectivity index (χ3n) is 15.2. The van der Waals surface area contributed by atoms with Crippen molar-refractivity contribution in [2.24, 2.45) is 0 Å². The van der Waals surface area contributed by atoms with E-state index in [1.165, 1.54) is 123 Å². The highest BCUT2D eigenvalue weighted by molar-refractivity contribution is 5.97. The van der Waals surface area contributed by atoms with Crippen LogP contribution in [0.25, 0.3) is 28.0 Å². The minimum atomic E-state index is -0.148. The summed E-state index contributed by atoms with van der Waals surface area (Å²) in [6.07, 6.45) is 12.9. The van der Waals surface area contributed by atoms with Gasteiger partial charge >= 0.3 is 0 Å². The zero-order valence-electron chi connectivity index (χ0n) is 41.0. The number of hydrogen-bond donors (Lipinski definition) is 0. The Hall–Kier alpha value is -5.86. The number of aryl methyl sites for hydroxylation is 9. The van der Waals surface area contributed by atoms with E-state index >= 15 is 0 Å².